The summed E-state index contributed by atoms with van der Waals surface area (Å²) in [7, 11) is 0. The number of nitrogens with zero attached hydrogens (tertiary/aromatic N) is 1. The molecule has 1 amide bonds. The molecule has 1 N–H and O–H groups in total. The number of carboxylic acids is 1. The minimum atomic E-state index is -0.989. The number of rotatable bonds is 6. The minimum Gasteiger partial charge on any atom is -0.478 e. The molecule has 4 rings (SSSR count). The van der Waals surface area contributed by atoms with Gasteiger partial charge in [0.2, 0.25) is 5.91 Å². The zero-order valence-corrected chi connectivity index (χ0v) is 19.5. The molecule has 0 radical (unpaired) electrons. The van der Waals surface area contributed by atoms with Crippen LogP contribution in [0, 0.1) is 0 Å². The maximum Gasteiger partial charge on any atom is 0.335 e. The molecule has 0 aliphatic carbocycles. The van der Waals surface area contributed by atoms with E-state index < -0.39 is 11.4 Å². The smallest absolute Gasteiger partial charge is 0.335 e. The highest BCUT2D eigenvalue weighted by Crippen LogP contribution is 2.44. The van der Waals surface area contributed by atoms with E-state index in [1.54, 1.807) is 24.3 Å². The van der Waals surface area contributed by atoms with Crippen molar-refractivity contribution in [3.8, 4) is 0 Å². The Morgan fingerprint density at radius 3 is 2.26 bits per heavy atom. The molecule has 0 spiro atoms. The molecule has 172 valence electrons. The predicted octanol–water partition coefficient (Wildman–Crippen LogP) is 6.06. The fraction of sp³-hybridized carbons (Fsp3) is 0.207. The Hall–Kier alpha value is -3.99. The van der Waals surface area contributed by atoms with Crippen LogP contribution in [0.15, 0.2) is 78.9 Å². The lowest BCUT2D eigenvalue weighted by Gasteiger charge is -2.41. The van der Waals surface area contributed by atoms with Gasteiger partial charge in [0.25, 0.3) is 0 Å². The zero-order chi connectivity index (χ0) is 24.5. The van der Waals surface area contributed by atoms with Crippen LogP contribution < -0.4 is 4.90 Å². The van der Waals surface area contributed by atoms with Crippen LogP contribution in [0.1, 0.15) is 70.6 Å². The molecule has 3 aromatic rings. The first kappa shape index (κ1) is 23.2. The highest BCUT2D eigenvalue weighted by Gasteiger charge is 2.39. The predicted molar refractivity (Wildman–Crippen MR) is 133 cm³/mol. The van der Waals surface area contributed by atoms with Gasteiger partial charge < -0.3 is 10.0 Å². The van der Waals surface area contributed by atoms with E-state index >= 15 is 0 Å². The van der Waals surface area contributed by atoms with E-state index in [4.69, 9.17) is 5.11 Å². The normalized spacial score (nSPS) is 15.7. The summed E-state index contributed by atoms with van der Waals surface area (Å²) in [6.07, 6.45) is 3.52. The lowest BCUT2D eigenvalue weighted by Crippen LogP contribution is -2.43. The Labute approximate surface area is 199 Å². The fourth-order valence-electron chi connectivity index (χ4n) is 4.44. The zero-order valence-electron chi connectivity index (χ0n) is 19.5. The van der Waals surface area contributed by atoms with E-state index in [2.05, 4.69) is 0 Å². The highest BCUT2D eigenvalue weighted by molar-refractivity contribution is 6.08. The number of hydrogen-bond donors (Lipinski definition) is 1. The lowest BCUT2D eigenvalue weighted by molar-refractivity contribution is -0.120. The van der Waals surface area contributed by atoms with Crippen LogP contribution in [0.5, 0.6) is 0 Å². The second-order valence-electron chi connectivity index (χ2n) is 9.27. The number of carboxylic acid groups (broad SMARTS) is 1. The maximum atomic E-state index is 13.1. The summed E-state index contributed by atoms with van der Waals surface area (Å²) < 4.78 is 0. The molecule has 0 saturated heterocycles. The molecule has 0 aromatic heterocycles. The average molecular weight is 454 g/mol. The van der Waals surface area contributed by atoms with Gasteiger partial charge in [-0.05, 0) is 60.0 Å². The first-order chi connectivity index (χ1) is 16.2. The van der Waals surface area contributed by atoms with Gasteiger partial charge in [-0.1, -0.05) is 62.4 Å². The number of amides is 1. The largest absolute Gasteiger partial charge is 0.478 e. The lowest BCUT2D eigenvalue weighted by atomic mass is 9.76. The molecular formula is C29H27NO4. The van der Waals surface area contributed by atoms with Gasteiger partial charge in [0.15, 0.2) is 5.78 Å². The van der Waals surface area contributed by atoms with Gasteiger partial charge in [-0.3, -0.25) is 9.59 Å². The van der Waals surface area contributed by atoms with Crippen LogP contribution in [0.25, 0.3) is 6.08 Å². The number of benzene rings is 3. The highest BCUT2D eigenvalue weighted by atomic mass is 16.4. The van der Waals surface area contributed by atoms with E-state index in [0.29, 0.717) is 12.0 Å². The van der Waals surface area contributed by atoms with Crippen molar-refractivity contribution in [2.75, 3.05) is 4.90 Å². The number of carbonyl (C=O) groups is 3. The Bertz CT molecular complexity index is 1270. The molecule has 5 nitrogen and oxygen atoms in total. The molecule has 1 unspecified atom stereocenters. The average Bonchev–Trinajstić information content (AvgIpc) is 2.82. The minimum absolute atomic E-state index is 0.0673. The van der Waals surface area contributed by atoms with Crippen molar-refractivity contribution in [2.45, 2.75) is 38.6 Å². The maximum absolute atomic E-state index is 13.1. The molecular weight excluding hydrogens is 426 g/mol. The summed E-state index contributed by atoms with van der Waals surface area (Å²) in [6.45, 7) is 6.08. The number of allylic oxidation sites excluding steroid dienone is 1. The summed E-state index contributed by atoms with van der Waals surface area (Å²) in [5.74, 6) is -1.07. The van der Waals surface area contributed by atoms with Crippen LogP contribution in [-0.4, -0.2) is 22.8 Å². The van der Waals surface area contributed by atoms with Gasteiger partial charge in [-0.2, -0.15) is 0 Å². The Morgan fingerprint density at radius 1 is 0.971 bits per heavy atom. The van der Waals surface area contributed by atoms with E-state index in [-0.39, 0.29) is 23.3 Å². The fourth-order valence-corrected chi connectivity index (χ4v) is 4.44. The number of fused-ring (bicyclic) bond motifs is 1. The topological polar surface area (TPSA) is 74.7 Å². The van der Waals surface area contributed by atoms with Crippen molar-refractivity contribution in [3.63, 3.8) is 0 Å². The number of carbonyl (C=O) groups excluding carboxylic acids is 2. The molecule has 3 aromatic carbocycles. The third-order valence-electron chi connectivity index (χ3n) is 6.39. The van der Waals surface area contributed by atoms with E-state index in [1.165, 1.54) is 18.2 Å². The molecule has 0 fully saturated rings. The van der Waals surface area contributed by atoms with Crippen molar-refractivity contribution >= 4 is 29.4 Å². The van der Waals surface area contributed by atoms with Crippen LogP contribution in [0.3, 0.4) is 0 Å². The van der Waals surface area contributed by atoms with Crippen molar-refractivity contribution in [3.05, 3.63) is 107 Å². The summed E-state index contributed by atoms with van der Waals surface area (Å²) in [5.41, 5.74) is 3.95. The summed E-state index contributed by atoms with van der Waals surface area (Å²) in [4.78, 5) is 38.9. The van der Waals surface area contributed by atoms with Gasteiger partial charge in [-0.15, -0.1) is 0 Å². The van der Waals surface area contributed by atoms with Gasteiger partial charge in [-0.25, -0.2) is 4.79 Å². The van der Waals surface area contributed by atoms with Gasteiger partial charge in [0.1, 0.15) is 0 Å². The molecule has 1 aliphatic heterocycles. The number of anilines is 1. The Balaban J connectivity index is 1.64. The molecule has 34 heavy (non-hydrogen) atoms. The van der Waals surface area contributed by atoms with Crippen molar-refractivity contribution in [1.82, 2.24) is 0 Å². The monoisotopic (exact) mass is 453 g/mol. The quantitative estimate of drug-likeness (QED) is 0.364. The number of hydrogen-bond acceptors (Lipinski definition) is 3. The first-order valence-electron chi connectivity index (χ1n) is 11.2. The van der Waals surface area contributed by atoms with Crippen LogP contribution in [0.4, 0.5) is 5.69 Å². The molecule has 1 heterocycles. The summed E-state index contributed by atoms with van der Waals surface area (Å²) in [6, 6.07) is 21.7. The van der Waals surface area contributed by atoms with E-state index in [9.17, 15) is 14.4 Å². The molecule has 0 saturated carbocycles. The standard InChI is InChI=1S/C29H27NO4/c1-19(21-7-5-4-6-8-21)30-25-15-14-23(17-24(25)29(2,3)18-27(30)32)26(31)16-11-20-9-12-22(13-10-20)28(33)34/h4-17,19H,18H2,1-3H3,(H,33,34)/b16-11+. The van der Waals surface area contributed by atoms with Crippen LogP contribution in [0.2, 0.25) is 0 Å². The van der Waals surface area contributed by atoms with Gasteiger partial charge in [0.05, 0.1) is 11.6 Å². The van der Waals surface area contributed by atoms with Crippen molar-refractivity contribution in [2.24, 2.45) is 0 Å². The molecule has 5 heteroatoms. The van der Waals surface area contributed by atoms with Crippen molar-refractivity contribution in [1.29, 1.82) is 0 Å². The SMILES string of the molecule is CC(c1ccccc1)N1C(=O)CC(C)(C)c2cc(C(=O)/C=C/c3ccc(C(=O)O)cc3)ccc21. The molecule has 1 aliphatic rings. The number of ketones is 1. The van der Waals surface area contributed by atoms with Crippen LogP contribution in [-0.2, 0) is 10.2 Å². The van der Waals surface area contributed by atoms with Crippen molar-refractivity contribution < 1.29 is 19.5 Å². The first-order valence-corrected chi connectivity index (χ1v) is 11.2. The summed E-state index contributed by atoms with van der Waals surface area (Å²) in [5, 5.41) is 9.02. The van der Waals surface area contributed by atoms with Gasteiger partial charge in [0, 0.05) is 23.1 Å². The number of aromatic carboxylic acids is 1. The Kier molecular flexibility index (Phi) is 6.20. The van der Waals surface area contributed by atoms with Gasteiger partial charge >= 0.3 is 5.97 Å². The van der Waals surface area contributed by atoms with E-state index in [0.717, 1.165) is 22.4 Å². The summed E-state index contributed by atoms with van der Waals surface area (Å²) >= 11 is 0. The van der Waals surface area contributed by atoms with Crippen LogP contribution >= 0.6 is 0 Å². The second kappa shape index (κ2) is 9.10. The third-order valence-corrected chi connectivity index (χ3v) is 6.39. The molecule has 1 atom stereocenters. The van der Waals surface area contributed by atoms with E-state index in [1.807, 2.05) is 68.1 Å². The third kappa shape index (κ3) is 4.55. The second-order valence-corrected chi connectivity index (χ2v) is 9.27. The Morgan fingerprint density at radius 2 is 1.62 bits per heavy atom. The molecule has 0 bridgehead atoms.